The number of hydrogen-bond acceptors (Lipinski definition) is 3. The molecular weight excluding hydrogens is 428 g/mol. The summed E-state index contributed by atoms with van der Waals surface area (Å²) in [4.78, 5) is 14.9. The predicted molar refractivity (Wildman–Crippen MR) is 110 cm³/mol. The standard InChI is InChI=1S/C20H23BrN2O3S/c1-4-22(27(25,26)18-8-5-14(2)6-9-18)13-20(24)23-15(3)11-16-12-17(21)7-10-19(16)23/h5-10,12,15H,4,11,13H2,1-3H3/t15-/m1/s1. The van der Waals surface area contributed by atoms with E-state index in [-0.39, 0.29) is 29.9 Å². The molecule has 0 fully saturated rings. The van der Waals surface area contributed by atoms with Gasteiger partial charge in [0.25, 0.3) is 0 Å². The lowest BCUT2D eigenvalue weighted by Gasteiger charge is -2.27. The molecule has 3 rings (SSSR count). The van der Waals surface area contributed by atoms with Crippen LogP contribution in [0.25, 0.3) is 0 Å². The normalized spacial score (nSPS) is 16.6. The second-order valence-corrected chi connectivity index (χ2v) is 9.69. The van der Waals surface area contributed by atoms with Crippen LogP contribution < -0.4 is 4.90 Å². The van der Waals surface area contributed by atoms with E-state index in [2.05, 4.69) is 15.9 Å². The van der Waals surface area contributed by atoms with Crippen LogP contribution >= 0.6 is 15.9 Å². The molecule has 2 aromatic carbocycles. The number of sulfonamides is 1. The first-order valence-corrected chi connectivity index (χ1v) is 11.1. The van der Waals surface area contributed by atoms with E-state index in [1.165, 1.54) is 4.31 Å². The lowest BCUT2D eigenvalue weighted by Crippen LogP contribution is -2.45. The van der Waals surface area contributed by atoms with Crippen molar-refractivity contribution in [2.45, 2.75) is 38.1 Å². The zero-order valence-electron chi connectivity index (χ0n) is 15.6. The van der Waals surface area contributed by atoms with E-state index in [4.69, 9.17) is 0 Å². The molecule has 0 saturated heterocycles. The molecule has 144 valence electrons. The zero-order valence-corrected chi connectivity index (χ0v) is 18.0. The van der Waals surface area contributed by atoms with Crippen molar-refractivity contribution in [2.24, 2.45) is 0 Å². The van der Waals surface area contributed by atoms with E-state index < -0.39 is 10.0 Å². The molecule has 1 amide bonds. The predicted octanol–water partition coefficient (Wildman–Crippen LogP) is 3.75. The minimum absolute atomic E-state index is 0.00239. The van der Waals surface area contributed by atoms with Crippen LogP contribution in [0, 0.1) is 6.92 Å². The maximum Gasteiger partial charge on any atom is 0.243 e. The lowest BCUT2D eigenvalue weighted by molar-refractivity contribution is -0.119. The van der Waals surface area contributed by atoms with Crippen LogP contribution in [0.4, 0.5) is 5.69 Å². The number of rotatable bonds is 5. The quantitative estimate of drug-likeness (QED) is 0.696. The molecule has 0 spiro atoms. The van der Waals surface area contributed by atoms with Crippen LogP contribution in [-0.2, 0) is 21.2 Å². The fourth-order valence-electron chi connectivity index (χ4n) is 3.43. The molecule has 27 heavy (non-hydrogen) atoms. The van der Waals surface area contributed by atoms with Crippen molar-refractivity contribution in [1.29, 1.82) is 0 Å². The number of hydrogen-bond donors (Lipinski definition) is 0. The van der Waals surface area contributed by atoms with E-state index in [0.717, 1.165) is 27.7 Å². The number of likely N-dealkylation sites (N-methyl/N-ethyl adjacent to an activating group) is 1. The lowest BCUT2D eigenvalue weighted by atomic mass is 10.1. The summed E-state index contributed by atoms with van der Waals surface area (Å²) < 4.78 is 28.1. The summed E-state index contributed by atoms with van der Waals surface area (Å²) in [5, 5.41) is 0. The van der Waals surface area contributed by atoms with Crippen molar-refractivity contribution in [3.05, 3.63) is 58.1 Å². The smallest absolute Gasteiger partial charge is 0.243 e. The topological polar surface area (TPSA) is 57.7 Å². The Labute approximate surface area is 169 Å². The van der Waals surface area contributed by atoms with Gasteiger partial charge in [-0.25, -0.2) is 8.42 Å². The number of benzene rings is 2. The van der Waals surface area contributed by atoms with E-state index in [0.29, 0.717) is 0 Å². The van der Waals surface area contributed by atoms with Gasteiger partial charge in [0.1, 0.15) is 0 Å². The third-order valence-corrected chi connectivity index (χ3v) is 7.28. The van der Waals surface area contributed by atoms with Gasteiger partial charge in [-0.15, -0.1) is 0 Å². The molecule has 1 atom stereocenters. The first-order valence-electron chi connectivity index (χ1n) is 8.91. The van der Waals surface area contributed by atoms with E-state index in [1.807, 2.05) is 32.0 Å². The SMILES string of the molecule is CCN(CC(=O)N1c2ccc(Br)cc2C[C@H]1C)S(=O)(=O)c1ccc(C)cc1. The van der Waals surface area contributed by atoms with E-state index in [1.54, 1.807) is 36.1 Å². The monoisotopic (exact) mass is 450 g/mol. The van der Waals surface area contributed by atoms with Gasteiger partial charge in [-0.3, -0.25) is 4.79 Å². The molecule has 7 heteroatoms. The highest BCUT2D eigenvalue weighted by molar-refractivity contribution is 9.10. The number of fused-ring (bicyclic) bond motifs is 1. The summed E-state index contributed by atoms with van der Waals surface area (Å²) in [6.45, 7) is 5.69. The Bertz CT molecular complexity index is 958. The van der Waals surface area contributed by atoms with Crippen molar-refractivity contribution in [1.82, 2.24) is 4.31 Å². The Morgan fingerprint density at radius 3 is 2.52 bits per heavy atom. The average Bonchev–Trinajstić information content (AvgIpc) is 2.94. The van der Waals surface area contributed by atoms with Gasteiger partial charge >= 0.3 is 0 Å². The largest absolute Gasteiger partial charge is 0.308 e. The van der Waals surface area contributed by atoms with Gasteiger partial charge < -0.3 is 4.90 Å². The maximum atomic E-state index is 13.0. The maximum absolute atomic E-state index is 13.0. The molecule has 2 aromatic rings. The highest BCUT2D eigenvalue weighted by Crippen LogP contribution is 2.34. The number of aryl methyl sites for hydroxylation is 1. The van der Waals surface area contributed by atoms with Crippen LogP contribution in [-0.4, -0.2) is 37.8 Å². The first-order chi connectivity index (χ1) is 12.7. The Kier molecular flexibility index (Phi) is 5.74. The molecule has 0 saturated carbocycles. The summed E-state index contributed by atoms with van der Waals surface area (Å²) in [5.74, 6) is -0.207. The highest BCUT2D eigenvalue weighted by Gasteiger charge is 2.34. The molecular formula is C20H23BrN2O3S. The van der Waals surface area contributed by atoms with Gasteiger partial charge in [0.05, 0.1) is 11.4 Å². The number of anilines is 1. The molecule has 0 N–H and O–H groups in total. The molecule has 0 aliphatic carbocycles. The number of halogens is 1. The van der Waals surface area contributed by atoms with Gasteiger partial charge in [-0.05, 0) is 56.2 Å². The van der Waals surface area contributed by atoms with Gasteiger partial charge in [-0.1, -0.05) is 40.5 Å². The summed E-state index contributed by atoms with van der Waals surface area (Å²) in [7, 11) is -3.72. The minimum Gasteiger partial charge on any atom is -0.308 e. The Morgan fingerprint density at radius 2 is 1.89 bits per heavy atom. The molecule has 1 heterocycles. The van der Waals surface area contributed by atoms with Crippen LogP contribution in [0.15, 0.2) is 51.8 Å². The number of carbonyl (C=O) groups excluding carboxylic acids is 1. The molecule has 1 aliphatic heterocycles. The molecule has 0 radical (unpaired) electrons. The summed E-state index contributed by atoms with van der Waals surface area (Å²) in [5.41, 5.74) is 2.94. The summed E-state index contributed by atoms with van der Waals surface area (Å²) >= 11 is 3.46. The summed E-state index contributed by atoms with van der Waals surface area (Å²) in [6.07, 6.45) is 0.761. The van der Waals surface area contributed by atoms with Gasteiger partial charge in [-0.2, -0.15) is 4.31 Å². The van der Waals surface area contributed by atoms with Crippen molar-refractivity contribution < 1.29 is 13.2 Å². The van der Waals surface area contributed by atoms with Gasteiger partial charge in [0.15, 0.2) is 0 Å². The third-order valence-electron chi connectivity index (χ3n) is 4.85. The van der Waals surface area contributed by atoms with Crippen molar-refractivity contribution >= 4 is 37.5 Å². The average molecular weight is 451 g/mol. The molecule has 0 bridgehead atoms. The molecule has 5 nitrogen and oxygen atoms in total. The fourth-order valence-corrected chi connectivity index (χ4v) is 5.24. The van der Waals surface area contributed by atoms with Gasteiger partial charge in [0.2, 0.25) is 15.9 Å². The van der Waals surface area contributed by atoms with Gasteiger partial charge in [0, 0.05) is 22.7 Å². The molecule has 0 aromatic heterocycles. The number of amides is 1. The van der Waals surface area contributed by atoms with Crippen molar-refractivity contribution in [3.8, 4) is 0 Å². The first kappa shape index (κ1) is 20.0. The van der Waals surface area contributed by atoms with Crippen molar-refractivity contribution in [3.63, 3.8) is 0 Å². The second-order valence-electron chi connectivity index (χ2n) is 6.83. The Hall–Kier alpha value is -1.70. The Morgan fingerprint density at radius 1 is 1.22 bits per heavy atom. The highest BCUT2D eigenvalue weighted by atomic mass is 79.9. The number of carbonyl (C=O) groups is 1. The Balaban J connectivity index is 1.85. The van der Waals surface area contributed by atoms with Crippen LogP contribution in [0.5, 0.6) is 0 Å². The van der Waals surface area contributed by atoms with Crippen LogP contribution in [0.2, 0.25) is 0 Å². The van der Waals surface area contributed by atoms with E-state index >= 15 is 0 Å². The van der Waals surface area contributed by atoms with Crippen LogP contribution in [0.3, 0.4) is 0 Å². The second kappa shape index (κ2) is 7.73. The van der Waals surface area contributed by atoms with Crippen molar-refractivity contribution in [2.75, 3.05) is 18.0 Å². The van der Waals surface area contributed by atoms with Crippen LogP contribution in [0.1, 0.15) is 25.0 Å². The van der Waals surface area contributed by atoms with E-state index in [9.17, 15) is 13.2 Å². The fraction of sp³-hybridized carbons (Fsp3) is 0.350. The zero-order chi connectivity index (χ0) is 19.8. The molecule has 0 unspecified atom stereocenters. The number of nitrogens with zero attached hydrogens (tertiary/aromatic N) is 2. The minimum atomic E-state index is -3.72. The summed E-state index contributed by atoms with van der Waals surface area (Å²) in [6, 6.07) is 12.5. The third kappa shape index (κ3) is 3.95. The molecule has 1 aliphatic rings.